The van der Waals surface area contributed by atoms with Crippen LogP contribution in [0.5, 0.6) is 0 Å². The van der Waals surface area contributed by atoms with E-state index in [0.717, 1.165) is 38.1 Å². The van der Waals surface area contributed by atoms with Crippen LogP contribution in [0, 0.1) is 11.8 Å². The average molecular weight is 228 g/mol. The van der Waals surface area contributed by atoms with Crippen molar-refractivity contribution in [3.8, 4) is 0 Å². The molecule has 0 spiro atoms. The zero-order chi connectivity index (χ0) is 11.8. The minimum Gasteiger partial charge on any atom is -0.380 e. The van der Waals surface area contributed by atoms with Crippen LogP contribution in [0.4, 0.5) is 0 Å². The van der Waals surface area contributed by atoms with Crippen LogP contribution < -0.4 is 5.73 Å². The molecule has 0 aromatic rings. The van der Waals surface area contributed by atoms with Crippen molar-refractivity contribution in [2.24, 2.45) is 17.6 Å². The van der Waals surface area contributed by atoms with Gasteiger partial charge in [0.15, 0.2) is 0 Å². The molecule has 1 saturated heterocycles. The molecule has 16 heavy (non-hydrogen) atoms. The SMILES string of the molecule is CC(C)CCOCCN1CCC(CN)CC1. The molecule has 1 rings (SSSR count). The molecule has 1 fully saturated rings. The van der Waals surface area contributed by atoms with Crippen LogP contribution in [0.3, 0.4) is 0 Å². The van der Waals surface area contributed by atoms with Gasteiger partial charge in [0.25, 0.3) is 0 Å². The third-order valence-electron chi connectivity index (χ3n) is 3.43. The summed E-state index contributed by atoms with van der Waals surface area (Å²) in [7, 11) is 0. The molecule has 0 atom stereocenters. The number of nitrogens with zero attached hydrogens (tertiary/aromatic N) is 1. The van der Waals surface area contributed by atoms with E-state index < -0.39 is 0 Å². The minimum absolute atomic E-state index is 0.750. The Morgan fingerprint density at radius 2 is 1.94 bits per heavy atom. The van der Waals surface area contributed by atoms with Crippen molar-refractivity contribution in [3.63, 3.8) is 0 Å². The van der Waals surface area contributed by atoms with Crippen LogP contribution in [0.15, 0.2) is 0 Å². The average Bonchev–Trinajstić information content (AvgIpc) is 2.29. The predicted octanol–water partition coefficient (Wildman–Crippen LogP) is 1.72. The van der Waals surface area contributed by atoms with Crippen molar-refractivity contribution in [2.45, 2.75) is 33.1 Å². The lowest BCUT2D eigenvalue weighted by Crippen LogP contribution is -2.37. The summed E-state index contributed by atoms with van der Waals surface area (Å²) in [6.45, 7) is 10.6. The molecule has 0 bridgehead atoms. The summed E-state index contributed by atoms with van der Waals surface area (Å²) in [4.78, 5) is 2.50. The Morgan fingerprint density at radius 1 is 1.25 bits per heavy atom. The van der Waals surface area contributed by atoms with Gasteiger partial charge in [0.05, 0.1) is 6.61 Å². The highest BCUT2D eigenvalue weighted by Gasteiger charge is 2.17. The van der Waals surface area contributed by atoms with Gasteiger partial charge in [-0.3, -0.25) is 0 Å². The number of likely N-dealkylation sites (tertiary alicyclic amines) is 1. The van der Waals surface area contributed by atoms with Crippen molar-refractivity contribution in [1.29, 1.82) is 0 Å². The number of nitrogens with two attached hydrogens (primary N) is 1. The normalized spacial score (nSPS) is 19.5. The molecule has 96 valence electrons. The zero-order valence-corrected chi connectivity index (χ0v) is 11.0. The monoisotopic (exact) mass is 228 g/mol. The molecular formula is C13H28N2O. The van der Waals surface area contributed by atoms with E-state index in [4.69, 9.17) is 10.5 Å². The molecule has 0 aromatic carbocycles. The Hall–Kier alpha value is -0.120. The van der Waals surface area contributed by atoms with Gasteiger partial charge < -0.3 is 15.4 Å². The van der Waals surface area contributed by atoms with Crippen molar-refractivity contribution < 1.29 is 4.74 Å². The van der Waals surface area contributed by atoms with Gasteiger partial charge >= 0.3 is 0 Å². The number of ether oxygens (including phenoxy) is 1. The number of hydrogen-bond acceptors (Lipinski definition) is 3. The fourth-order valence-electron chi connectivity index (χ4n) is 2.06. The van der Waals surface area contributed by atoms with Crippen LogP contribution in [0.2, 0.25) is 0 Å². The highest BCUT2D eigenvalue weighted by molar-refractivity contribution is 4.72. The first kappa shape index (κ1) is 13.9. The Balaban J connectivity index is 1.94. The number of hydrogen-bond donors (Lipinski definition) is 1. The van der Waals surface area contributed by atoms with Crippen molar-refractivity contribution >= 4 is 0 Å². The van der Waals surface area contributed by atoms with Gasteiger partial charge in [-0.2, -0.15) is 0 Å². The Morgan fingerprint density at radius 3 is 2.50 bits per heavy atom. The van der Waals surface area contributed by atoms with Gasteiger partial charge in [0.2, 0.25) is 0 Å². The van der Waals surface area contributed by atoms with E-state index in [0.29, 0.717) is 0 Å². The first-order chi connectivity index (χ1) is 7.72. The standard InChI is InChI=1S/C13H28N2O/c1-12(2)5-9-16-10-8-15-6-3-13(11-14)4-7-15/h12-13H,3-11,14H2,1-2H3. The fraction of sp³-hybridized carbons (Fsp3) is 1.00. The van der Waals surface area contributed by atoms with E-state index in [2.05, 4.69) is 18.7 Å². The van der Waals surface area contributed by atoms with Crippen molar-refractivity contribution in [2.75, 3.05) is 39.4 Å². The van der Waals surface area contributed by atoms with Gasteiger partial charge in [-0.25, -0.2) is 0 Å². The zero-order valence-electron chi connectivity index (χ0n) is 11.0. The van der Waals surface area contributed by atoms with Crippen LogP contribution in [-0.2, 0) is 4.74 Å². The summed E-state index contributed by atoms with van der Waals surface area (Å²) in [6, 6.07) is 0. The molecule has 0 amide bonds. The van der Waals surface area contributed by atoms with Gasteiger partial charge in [-0.1, -0.05) is 13.8 Å². The third kappa shape index (κ3) is 5.83. The minimum atomic E-state index is 0.750. The Kier molecular flexibility index (Phi) is 7.01. The van der Waals surface area contributed by atoms with Crippen molar-refractivity contribution in [1.82, 2.24) is 4.90 Å². The summed E-state index contributed by atoms with van der Waals surface area (Å²) >= 11 is 0. The molecule has 0 aliphatic carbocycles. The van der Waals surface area contributed by atoms with Crippen LogP contribution in [0.25, 0.3) is 0 Å². The largest absolute Gasteiger partial charge is 0.380 e. The maximum Gasteiger partial charge on any atom is 0.0593 e. The van der Waals surface area contributed by atoms with E-state index >= 15 is 0 Å². The molecule has 0 radical (unpaired) electrons. The second-order valence-electron chi connectivity index (χ2n) is 5.32. The molecule has 0 aromatic heterocycles. The van der Waals surface area contributed by atoms with Crippen LogP contribution in [0.1, 0.15) is 33.1 Å². The second-order valence-corrected chi connectivity index (χ2v) is 5.32. The second kappa shape index (κ2) is 8.04. The van der Waals surface area contributed by atoms with Gasteiger partial charge in [0.1, 0.15) is 0 Å². The smallest absolute Gasteiger partial charge is 0.0593 e. The highest BCUT2D eigenvalue weighted by Crippen LogP contribution is 2.15. The van der Waals surface area contributed by atoms with Crippen LogP contribution in [-0.4, -0.2) is 44.3 Å². The molecule has 0 saturated carbocycles. The molecule has 1 aliphatic heterocycles. The molecule has 3 heteroatoms. The topological polar surface area (TPSA) is 38.5 Å². The van der Waals surface area contributed by atoms with Crippen molar-refractivity contribution in [3.05, 3.63) is 0 Å². The first-order valence-electron chi connectivity index (χ1n) is 6.72. The van der Waals surface area contributed by atoms with Gasteiger partial charge in [-0.05, 0) is 50.7 Å². The quantitative estimate of drug-likeness (QED) is 0.674. The molecule has 2 N–H and O–H groups in total. The molecule has 1 aliphatic rings. The predicted molar refractivity (Wildman–Crippen MR) is 68.5 cm³/mol. The van der Waals surface area contributed by atoms with E-state index in [1.807, 2.05) is 0 Å². The summed E-state index contributed by atoms with van der Waals surface area (Å²) < 4.78 is 5.63. The third-order valence-corrected chi connectivity index (χ3v) is 3.43. The maximum absolute atomic E-state index is 5.67. The number of piperidine rings is 1. The first-order valence-corrected chi connectivity index (χ1v) is 6.72. The summed E-state index contributed by atoms with van der Waals surface area (Å²) in [6.07, 6.45) is 3.71. The van der Waals surface area contributed by atoms with E-state index in [-0.39, 0.29) is 0 Å². The van der Waals surface area contributed by atoms with E-state index in [1.165, 1.54) is 32.4 Å². The summed E-state index contributed by atoms with van der Waals surface area (Å²) in [5.74, 6) is 1.51. The van der Waals surface area contributed by atoms with Crippen LogP contribution >= 0.6 is 0 Å². The molecule has 0 unspecified atom stereocenters. The molecular weight excluding hydrogens is 200 g/mol. The highest BCUT2D eigenvalue weighted by atomic mass is 16.5. The fourth-order valence-corrected chi connectivity index (χ4v) is 2.06. The van der Waals surface area contributed by atoms with Gasteiger partial charge in [0, 0.05) is 13.2 Å². The summed E-state index contributed by atoms with van der Waals surface area (Å²) in [5, 5.41) is 0. The lowest BCUT2D eigenvalue weighted by Gasteiger charge is -2.31. The number of rotatable bonds is 7. The van der Waals surface area contributed by atoms with E-state index in [1.54, 1.807) is 0 Å². The maximum atomic E-state index is 5.67. The van der Waals surface area contributed by atoms with Gasteiger partial charge in [-0.15, -0.1) is 0 Å². The molecule has 3 nitrogen and oxygen atoms in total. The summed E-state index contributed by atoms with van der Waals surface area (Å²) in [5.41, 5.74) is 5.67. The lowest BCUT2D eigenvalue weighted by molar-refractivity contribution is 0.0833. The Labute approximate surface area is 100 Å². The lowest BCUT2D eigenvalue weighted by atomic mass is 9.97. The molecule has 1 heterocycles. The Bertz CT molecular complexity index is 165. The van der Waals surface area contributed by atoms with E-state index in [9.17, 15) is 0 Å².